The first kappa shape index (κ1) is 10.5. The normalized spacial score (nSPS) is 20.2. The van der Waals surface area contributed by atoms with Gasteiger partial charge in [0.1, 0.15) is 5.52 Å². The molecule has 0 aromatic carbocycles. The molecule has 1 saturated heterocycles. The second-order valence-electron chi connectivity index (χ2n) is 4.61. The fourth-order valence-corrected chi connectivity index (χ4v) is 2.32. The number of aryl methyl sites for hydroxylation is 1. The average molecular weight is 232 g/mol. The summed E-state index contributed by atoms with van der Waals surface area (Å²) in [6, 6.07) is 1.96. The Morgan fingerprint density at radius 3 is 3.24 bits per heavy atom. The molecule has 3 heterocycles. The van der Waals surface area contributed by atoms with E-state index in [0.717, 1.165) is 42.9 Å². The first-order chi connectivity index (χ1) is 8.25. The van der Waals surface area contributed by atoms with E-state index in [9.17, 15) is 0 Å². The second-order valence-corrected chi connectivity index (χ2v) is 4.61. The summed E-state index contributed by atoms with van der Waals surface area (Å²) in [7, 11) is 0. The van der Waals surface area contributed by atoms with Gasteiger partial charge in [0.25, 0.3) is 0 Å². The van der Waals surface area contributed by atoms with Crippen LogP contribution in [0.4, 0.5) is 5.95 Å². The van der Waals surface area contributed by atoms with Crippen LogP contribution < -0.4 is 5.73 Å². The first-order valence-corrected chi connectivity index (χ1v) is 5.91. The largest absolute Gasteiger partial charge is 0.381 e. The van der Waals surface area contributed by atoms with Gasteiger partial charge in [-0.15, -0.1) is 0 Å². The monoisotopic (exact) mass is 232 g/mol. The number of nitrogen functional groups attached to an aromatic ring is 1. The van der Waals surface area contributed by atoms with Crippen LogP contribution in [0.2, 0.25) is 0 Å². The van der Waals surface area contributed by atoms with Crippen molar-refractivity contribution < 1.29 is 4.74 Å². The Hall–Kier alpha value is -1.62. The number of hydrogen-bond acceptors (Lipinski definition) is 4. The van der Waals surface area contributed by atoms with E-state index in [0.29, 0.717) is 11.9 Å². The van der Waals surface area contributed by atoms with Crippen LogP contribution in [0.15, 0.2) is 12.3 Å². The van der Waals surface area contributed by atoms with Crippen molar-refractivity contribution in [1.29, 1.82) is 0 Å². The van der Waals surface area contributed by atoms with Crippen LogP contribution in [0.1, 0.15) is 12.0 Å². The van der Waals surface area contributed by atoms with Gasteiger partial charge >= 0.3 is 0 Å². The minimum Gasteiger partial charge on any atom is -0.381 e. The lowest BCUT2D eigenvalue weighted by Gasteiger charge is -2.10. The molecule has 0 bridgehead atoms. The molecule has 2 aromatic rings. The molecule has 5 heteroatoms. The molecule has 1 aliphatic heterocycles. The molecule has 1 fully saturated rings. The lowest BCUT2D eigenvalue weighted by molar-refractivity contribution is 0.183. The molecule has 0 saturated carbocycles. The Kier molecular flexibility index (Phi) is 2.48. The average Bonchev–Trinajstić information content (AvgIpc) is 2.91. The van der Waals surface area contributed by atoms with Gasteiger partial charge in [0.05, 0.1) is 6.61 Å². The predicted octanol–water partition coefficient (Wildman–Crippen LogP) is 1.36. The van der Waals surface area contributed by atoms with E-state index in [4.69, 9.17) is 10.5 Å². The molecule has 90 valence electrons. The Bertz CT molecular complexity index is 543. The number of rotatable bonds is 2. The maximum Gasteiger partial charge on any atom is 0.202 e. The number of fused-ring (bicyclic) bond motifs is 1. The highest BCUT2D eigenvalue weighted by Gasteiger charge is 2.19. The lowest BCUT2D eigenvalue weighted by atomic mass is 10.1. The summed E-state index contributed by atoms with van der Waals surface area (Å²) in [6.45, 7) is 4.53. The summed E-state index contributed by atoms with van der Waals surface area (Å²) in [6.07, 6.45) is 2.89. The summed E-state index contributed by atoms with van der Waals surface area (Å²) in [5.74, 6) is 1.07. The quantitative estimate of drug-likeness (QED) is 0.849. The highest BCUT2D eigenvalue weighted by Crippen LogP contribution is 2.22. The van der Waals surface area contributed by atoms with Crippen molar-refractivity contribution in [2.75, 3.05) is 18.9 Å². The highest BCUT2D eigenvalue weighted by molar-refractivity contribution is 5.77. The van der Waals surface area contributed by atoms with Crippen molar-refractivity contribution in [3.63, 3.8) is 0 Å². The standard InChI is InChI=1S/C12H16N4O/c1-8-2-4-14-11-10(8)15-12(13)16(11)6-9-3-5-17-7-9/h2,4,9H,3,5-7H2,1H3,(H2,13,15). The molecular weight excluding hydrogens is 216 g/mol. The predicted molar refractivity (Wildman–Crippen MR) is 65.6 cm³/mol. The topological polar surface area (TPSA) is 66.0 Å². The minimum absolute atomic E-state index is 0.525. The van der Waals surface area contributed by atoms with E-state index < -0.39 is 0 Å². The summed E-state index contributed by atoms with van der Waals surface area (Å²) in [5, 5.41) is 0. The first-order valence-electron chi connectivity index (χ1n) is 5.91. The van der Waals surface area contributed by atoms with Crippen molar-refractivity contribution >= 4 is 17.1 Å². The van der Waals surface area contributed by atoms with Crippen molar-refractivity contribution in [2.45, 2.75) is 19.9 Å². The van der Waals surface area contributed by atoms with Gasteiger partial charge in [0, 0.05) is 25.3 Å². The number of anilines is 1. The van der Waals surface area contributed by atoms with Crippen LogP contribution in [0.25, 0.3) is 11.2 Å². The number of ether oxygens (including phenoxy) is 1. The Morgan fingerprint density at radius 1 is 1.59 bits per heavy atom. The molecule has 1 aliphatic rings. The van der Waals surface area contributed by atoms with E-state index in [1.54, 1.807) is 6.20 Å². The Morgan fingerprint density at radius 2 is 2.47 bits per heavy atom. The van der Waals surface area contributed by atoms with Crippen molar-refractivity contribution in [1.82, 2.24) is 14.5 Å². The van der Waals surface area contributed by atoms with E-state index in [2.05, 4.69) is 9.97 Å². The van der Waals surface area contributed by atoms with Gasteiger partial charge in [-0.05, 0) is 25.0 Å². The summed E-state index contributed by atoms with van der Waals surface area (Å²) < 4.78 is 7.39. The third kappa shape index (κ3) is 1.76. The second kappa shape index (κ2) is 4.00. The third-order valence-electron chi connectivity index (χ3n) is 3.33. The zero-order chi connectivity index (χ0) is 11.8. The Balaban J connectivity index is 2.02. The minimum atomic E-state index is 0.525. The molecule has 2 aromatic heterocycles. The summed E-state index contributed by atoms with van der Waals surface area (Å²) >= 11 is 0. The van der Waals surface area contributed by atoms with Crippen LogP contribution in [0.3, 0.4) is 0 Å². The number of imidazole rings is 1. The number of aromatic nitrogens is 3. The molecule has 0 aliphatic carbocycles. The molecule has 3 rings (SSSR count). The fraction of sp³-hybridized carbons (Fsp3) is 0.500. The molecule has 1 atom stereocenters. The fourth-order valence-electron chi connectivity index (χ4n) is 2.32. The van der Waals surface area contributed by atoms with Crippen molar-refractivity contribution in [2.24, 2.45) is 5.92 Å². The van der Waals surface area contributed by atoms with Crippen LogP contribution in [0, 0.1) is 12.8 Å². The zero-order valence-corrected chi connectivity index (χ0v) is 9.89. The molecule has 5 nitrogen and oxygen atoms in total. The van der Waals surface area contributed by atoms with Gasteiger partial charge in [0.2, 0.25) is 5.95 Å². The summed E-state index contributed by atoms with van der Waals surface area (Å²) in [4.78, 5) is 8.78. The van der Waals surface area contributed by atoms with Crippen molar-refractivity contribution in [3.05, 3.63) is 17.8 Å². The van der Waals surface area contributed by atoms with Gasteiger partial charge < -0.3 is 10.5 Å². The van der Waals surface area contributed by atoms with Crippen LogP contribution in [0.5, 0.6) is 0 Å². The van der Waals surface area contributed by atoms with Crippen LogP contribution in [-0.4, -0.2) is 27.7 Å². The van der Waals surface area contributed by atoms with Crippen molar-refractivity contribution in [3.8, 4) is 0 Å². The number of nitrogens with two attached hydrogens (primary N) is 1. The van der Waals surface area contributed by atoms with Crippen LogP contribution >= 0.6 is 0 Å². The number of pyridine rings is 1. The SMILES string of the molecule is Cc1ccnc2c1nc(N)n2CC1CCOC1. The molecular formula is C12H16N4O. The molecule has 1 unspecified atom stereocenters. The van der Waals surface area contributed by atoms with Gasteiger partial charge in [-0.2, -0.15) is 0 Å². The van der Waals surface area contributed by atoms with Gasteiger partial charge in [-0.1, -0.05) is 0 Å². The Labute approximate surface area is 99.6 Å². The molecule has 2 N–H and O–H groups in total. The zero-order valence-electron chi connectivity index (χ0n) is 9.89. The highest BCUT2D eigenvalue weighted by atomic mass is 16.5. The maximum absolute atomic E-state index is 5.97. The maximum atomic E-state index is 5.97. The van der Waals surface area contributed by atoms with Crippen LogP contribution in [-0.2, 0) is 11.3 Å². The van der Waals surface area contributed by atoms with E-state index in [-0.39, 0.29) is 0 Å². The molecule has 0 spiro atoms. The van der Waals surface area contributed by atoms with E-state index in [1.807, 2.05) is 17.6 Å². The molecule has 17 heavy (non-hydrogen) atoms. The van der Waals surface area contributed by atoms with E-state index >= 15 is 0 Å². The van der Waals surface area contributed by atoms with Gasteiger partial charge in [0.15, 0.2) is 5.65 Å². The molecule has 0 amide bonds. The number of nitrogens with zero attached hydrogens (tertiary/aromatic N) is 3. The van der Waals surface area contributed by atoms with Gasteiger partial charge in [-0.25, -0.2) is 9.97 Å². The number of hydrogen-bond donors (Lipinski definition) is 1. The third-order valence-corrected chi connectivity index (χ3v) is 3.33. The van der Waals surface area contributed by atoms with Gasteiger partial charge in [-0.3, -0.25) is 4.57 Å². The smallest absolute Gasteiger partial charge is 0.202 e. The summed E-state index contributed by atoms with van der Waals surface area (Å²) in [5.41, 5.74) is 8.88. The molecule has 0 radical (unpaired) electrons. The lowest BCUT2D eigenvalue weighted by Crippen LogP contribution is -2.13. The van der Waals surface area contributed by atoms with E-state index in [1.165, 1.54) is 0 Å².